The van der Waals surface area contributed by atoms with Gasteiger partial charge in [0.15, 0.2) is 0 Å². The normalized spacial score (nSPS) is 16.3. The summed E-state index contributed by atoms with van der Waals surface area (Å²) >= 11 is 0.929. The summed E-state index contributed by atoms with van der Waals surface area (Å²) in [5.41, 5.74) is 1.25. The smallest absolute Gasteiger partial charge is 0.268 e. The molecule has 116 valence electrons. The molecule has 2 aromatic rings. The highest BCUT2D eigenvalue weighted by atomic mass is 32.2. The van der Waals surface area contributed by atoms with E-state index >= 15 is 0 Å². The standard InChI is InChI=1S/C14H15N3O3S2/c1-9-15-16-13(21-9)22(19,20)17-12(18)10-5-3-4-6-11(10)14(2)7-8-14/h3-6H,7-8H2,1-2H3,(H,17,18). The number of nitrogens with zero attached hydrogens (tertiary/aromatic N) is 2. The van der Waals surface area contributed by atoms with Gasteiger partial charge in [0.25, 0.3) is 20.3 Å². The van der Waals surface area contributed by atoms with Gasteiger partial charge in [0.2, 0.25) is 0 Å². The summed E-state index contributed by atoms with van der Waals surface area (Å²) in [7, 11) is -3.98. The van der Waals surface area contributed by atoms with Crippen molar-refractivity contribution in [3.8, 4) is 0 Å². The molecule has 0 aliphatic heterocycles. The summed E-state index contributed by atoms with van der Waals surface area (Å²) in [6, 6.07) is 7.11. The quantitative estimate of drug-likeness (QED) is 0.922. The summed E-state index contributed by atoms with van der Waals surface area (Å²) in [4.78, 5) is 12.4. The van der Waals surface area contributed by atoms with Crippen molar-refractivity contribution in [3.05, 3.63) is 40.4 Å². The Morgan fingerprint density at radius 1 is 1.27 bits per heavy atom. The van der Waals surface area contributed by atoms with Crippen molar-refractivity contribution in [2.24, 2.45) is 0 Å². The minimum absolute atomic E-state index is 0.0307. The molecular formula is C14H15N3O3S2. The molecule has 1 aliphatic carbocycles. The lowest BCUT2D eigenvalue weighted by molar-refractivity contribution is 0.0980. The van der Waals surface area contributed by atoms with E-state index < -0.39 is 15.9 Å². The van der Waals surface area contributed by atoms with Crippen LogP contribution in [-0.2, 0) is 15.4 Å². The number of carbonyl (C=O) groups excluding carboxylic acids is 1. The highest BCUT2D eigenvalue weighted by Crippen LogP contribution is 2.48. The van der Waals surface area contributed by atoms with Gasteiger partial charge in [0.1, 0.15) is 5.01 Å². The average molecular weight is 337 g/mol. The van der Waals surface area contributed by atoms with Gasteiger partial charge in [0.05, 0.1) is 0 Å². The Bertz CT molecular complexity index is 839. The van der Waals surface area contributed by atoms with Crippen LogP contribution in [0.4, 0.5) is 0 Å². The number of hydrogen-bond acceptors (Lipinski definition) is 6. The third kappa shape index (κ3) is 2.76. The van der Waals surface area contributed by atoms with Crippen LogP contribution in [0.5, 0.6) is 0 Å². The predicted octanol–water partition coefficient (Wildman–Crippen LogP) is 2.02. The van der Waals surface area contributed by atoms with E-state index in [2.05, 4.69) is 21.8 Å². The van der Waals surface area contributed by atoms with Gasteiger partial charge in [0, 0.05) is 5.56 Å². The van der Waals surface area contributed by atoms with Gasteiger partial charge >= 0.3 is 0 Å². The molecule has 1 aliphatic rings. The number of aromatic nitrogens is 2. The second-order valence-corrected chi connectivity index (χ2v) is 8.67. The molecule has 0 radical (unpaired) electrons. The summed E-state index contributed by atoms with van der Waals surface area (Å²) < 4.78 is 26.2. The van der Waals surface area contributed by atoms with Gasteiger partial charge in [-0.1, -0.05) is 36.5 Å². The molecule has 1 saturated carbocycles. The summed E-state index contributed by atoms with van der Waals surface area (Å²) in [5.74, 6) is -0.628. The lowest BCUT2D eigenvalue weighted by Gasteiger charge is -2.14. The first-order chi connectivity index (χ1) is 10.3. The molecule has 0 bridgehead atoms. The van der Waals surface area contributed by atoms with Crippen LogP contribution in [0.3, 0.4) is 0 Å². The van der Waals surface area contributed by atoms with Crippen LogP contribution in [0.15, 0.2) is 28.6 Å². The van der Waals surface area contributed by atoms with E-state index in [1.54, 1.807) is 19.1 Å². The minimum atomic E-state index is -3.98. The zero-order valence-corrected chi connectivity index (χ0v) is 13.8. The van der Waals surface area contributed by atoms with E-state index in [1.807, 2.05) is 12.1 Å². The molecule has 0 saturated heterocycles. The Balaban J connectivity index is 1.90. The summed E-state index contributed by atoms with van der Waals surface area (Å²) in [6.07, 6.45) is 2.00. The lowest BCUT2D eigenvalue weighted by Crippen LogP contribution is -2.31. The molecule has 0 atom stereocenters. The number of hydrogen-bond donors (Lipinski definition) is 1. The molecule has 1 amide bonds. The van der Waals surface area contributed by atoms with Crippen LogP contribution in [-0.4, -0.2) is 24.5 Å². The maximum atomic E-state index is 12.4. The molecule has 1 heterocycles. The topological polar surface area (TPSA) is 89.0 Å². The monoisotopic (exact) mass is 337 g/mol. The van der Waals surface area contributed by atoms with Crippen molar-refractivity contribution in [2.45, 2.75) is 36.4 Å². The fourth-order valence-corrected chi connectivity index (χ4v) is 4.20. The number of amides is 1. The Hall–Kier alpha value is -1.80. The maximum absolute atomic E-state index is 12.4. The van der Waals surface area contributed by atoms with Gasteiger partial charge < -0.3 is 0 Å². The van der Waals surface area contributed by atoms with Crippen molar-refractivity contribution < 1.29 is 13.2 Å². The zero-order valence-electron chi connectivity index (χ0n) is 12.2. The number of carbonyl (C=O) groups is 1. The first-order valence-corrected chi connectivity index (χ1v) is 9.09. The minimum Gasteiger partial charge on any atom is -0.268 e. The molecular weight excluding hydrogens is 322 g/mol. The Morgan fingerprint density at radius 2 is 1.95 bits per heavy atom. The predicted molar refractivity (Wildman–Crippen MR) is 82.3 cm³/mol. The molecule has 3 rings (SSSR count). The third-order valence-corrected chi connectivity index (χ3v) is 6.32. The van der Waals surface area contributed by atoms with Crippen molar-refractivity contribution >= 4 is 27.3 Å². The van der Waals surface area contributed by atoms with Crippen molar-refractivity contribution in [1.82, 2.24) is 14.9 Å². The largest absolute Gasteiger partial charge is 0.293 e. The molecule has 1 N–H and O–H groups in total. The van der Waals surface area contributed by atoms with E-state index in [0.29, 0.717) is 10.6 Å². The lowest BCUT2D eigenvalue weighted by atomic mass is 9.93. The molecule has 0 spiro atoms. The van der Waals surface area contributed by atoms with Gasteiger partial charge in [-0.15, -0.1) is 10.2 Å². The Labute approximate surface area is 132 Å². The number of benzene rings is 1. The molecule has 1 aromatic heterocycles. The van der Waals surface area contributed by atoms with E-state index in [1.165, 1.54) is 0 Å². The number of aryl methyl sites for hydroxylation is 1. The number of rotatable bonds is 4. The molecule has 8 heteroatoms. The van der Waals surface area contributed by atoms with Crippen molar-refractivity contribution in [3.63, 3.8) is 0 Å². The average Bonchev–Trinajstić information content (AvgIpc) is 3.05. The van der Waals surface area contributed by atoms with Crippen LogP contribution in [0.25, 0.3) is 0 Å². The van der Waals surface area contributed by atoms with Crippen LogP contribution >= 0.6 is 11.3 Å². The second kappa shape index (κ2) is 5.13. The maximum Gasteiger partial charge on any atom is 0.293 e. The summed E-state index contributed by atoms with van der Waals surface area (Å²) in [5, 5.41) is 7.78. The van der Waals surface area contributed by atoms with Crippen LogP contribution < -0.4 is 4.72 Å². The molecule has 0 unspecified atom stereocenters. The van der Waals surface area contributed by atoms with Crippen LogP contribution in [0, 0.1) is 6.92 Å². The fraction of sp³-hybridized carbons (Fsp3) is 0.357. The van der Waals surface area contributed by atoms with Crippen molar-refractivity contribution in [2.75, 3.05) is 0 Å². The van der Waals surface area contributed by atoms with Gasteiger partial charge in [-0.05, 0) is 36.8 Å². The Kier molecular flexibility index (Phi) is 3.53. The van der Waals surface area contributed by atoms with E-state index in [9.17, 15) is 13.2 Å². The highest BCUT2D eigenvalue weighted by molar-refractivity contribution is 7.92. The molecule has 1 aromatic carbocycles. The van der Waals surface area contributed by atoms with E-state index in [0.717, 1.165) is 29.7 Å². The zero-order chi connectivity index (χ0) is 16.0. The van der Waals surface area contributed by atoms with Crippen LogP contribution in [0.1, 0.15) is 40.7 Å². The van der Waals surface area contributed by atoms with Gasteiger partial charge in [-0.25, -0.2) is 4.72 Å². The first kappa shape index (κ1) is 15.1. The molecule has 1 fully saturated rings. The second-order valence-electron chi connectivity index (χ2n) is 5.63. The summed E-state index contributed by atoms with van der Waals surface area (Å²) in [6.45, 7) is 3.73. The fourth-order valence-electron chi connectivity index (χ4n) is 2.27. The van der Waals surface area contributed by atoms with Gasteiger partial charge in [-0.2, -0.15) is 8.42 Å². The highest BCUT2D eigenvalue weighted by Gasteiger charge is 2.41. The van der Waals surface area contributed by atoms with Crippen molar-refractivity contribution in [1.29, 1.82) is 0 Å². The van der Waals surface area contributed by atoms with E-state index in [4.69, 9.17) is 0 Å². The Morgan fingerprint density at radius 3 is 2.55 bits per heavy atom. The van der Waals surface area contributed by atoms with E-state index in [-0.39, 0.29) is 9.75 Å². The number of sulfonamides is 1. The molecule has 22 heavy (non-hydrogen) atoms. The van der Waals surface area contributed by atoms with Crippen LogP contribution in [0.2, 0.25) is 0 Å². The third-order valence-electron chi connectivity index (χ3n) is 3.79. The molecule has 6 nitrogen and oxygen atoms in total. The number of nitrogens with one attached hydrogen (secondary N) is 1. The first-order valence-electron chi connectivity index (χ1n) is 6.79. The SMILES string of the molecule is Cc1nnc(S(=O)(=O)NC(=O)c2ccccc2C2(C)CC2)s1. The van der Waals surface area contributed by atoms with Gasteiger partial charge in [-0.3, -0.25) is 4.79 Å².